The fourth-order valence-electron chi connectivity index (χ4n) is 1.93. The maximum atomic E-state index is 12.4. The Balaban J connectivity index is 1.97. The lowest BCUT2D eigenvalue weighted by atomic mass is 10.0. The van der Waals surface area contributed by atoms with Crippen molar-refractivity contribution in [2.75, 3.05) is 20.1 Å². The molecular formula is C13H15F3N2O. The lowest BCUT2D eigenvalue weighted by Crippen LogP contribution is -2.50. The van der Waals surface area contributed by atoms with Gasteiger partial charge in [-0.2, -0.15) is 13.2 Å². The molecular weight excluding hydrogens is 257 g/mol. The van der Waals surface area contributed by atoms with Crippen LogP contribution in [0.15, 0.2) is 24.3 Å². The molecule has 1 heterocycles. The van der Waals surface area contributed by atoms with E-state index in [9.17, 15) is 18.0 Å². The number of nitrogens with one attached hydrogen (secondary N) is 1. The zero-order valence-electron chi connectivity index (χ0n) is 10.5. The van der Waals surface area contributed by atoms with E-state index in [0.717, 1.165) is 12.1 Å². The topological polar surface area (TPSA) is 32.3 Å². The Morgan fingerprint density at radius 2 is 1.89 bits per heavy atom. The molecule has 3 nitrogen and oxygen atoms in total. The third-order valence-corrected chi connectivity index (χ3v) is 3.21. The van der Waals surface area contributed by atoms with Gasteiger partial charge in [-0.1, -0.05) is 12.1 Å². The smallest absolute Gasteiger partial charge is 0.341 e. The Bertz CT molecular complexity index is 452. The number of halogens is 3. The van der Waals surface area contributed by atoms with Crippen LogP contribution >= 0.6 is 0 Å². The lowest BCUT2D eigenvalue weighted by Gasteiger charge is -2.30. The van der Waals surface area contributed by atoms with Crippen LogP contribution in [0.4, 0.5) is 13.2 Å². The zero-order chi connectivity index (χ0) is 14.0. The molecule has 0 radical (unpaired) electrons. The molecule has 1 amide bonds. The molecule has 0 bridgehead atoms. The minimum atomic E-state index is -4.32. The second-order valence-corrected chi connectivity index (χ2v) is 4.74. The number of carbonyl (C=O) groups excluding carboxylic acids is 1. The average molecular weight is 272 g/mol. The highest BCUT2D eigenvalue weighted by Crippen LogP contribution is 2.29. The summed E-state index contributed by atoms with van der Waals surface area (Å²) in [6.07, 6.45) is -4.32. The Morgan fingerprint density at radius 1 is 1.32 bits per heavy atom. The van der Waals surface area contributed by atoms with Gasteiger partial charge in [0.2, 0.25) is 5.91 Å². The molecule has 1 aromatic rings. The second kappa shape index (κ2) is 5.21. The molecule has 2 rings (SSSR count). The first-order chi connectivity index (χ1) is 8.88. The minimum Gasteiger partial charge on any atom is -0.341 e. The van der Waals surface area contributed by atoms with E-state index < -0.39 is 11.7 Å². The van der Waals surface area contributed by atoms with Crippen LogP contribution in [-0.4, -0.2) is 30.9 Å². The van der Waals surface area contributed by atoms with Crippen LogP contribution in [0.2, 0.25) is 0 Å². The number of nitrogens with zero attached hydrogens (tertiary/aromatic N) is 1. The largest absolute Gasteiger partial charge is 0.416 e. The van der Waals surface area contributed by atoms with Gasteiger partial charge in [0.05, 0.1) is 11.5 Å². The first-order valence-electron chi connectivity index (χ1n) is 6.00. The fraction of sp³-hybridized carbons (Fsp3) is 0.462. The highest BCUT2D eigenvalue weighted by molar-refractivity contribution is 5.79. The van der Waals surface area contributed by atoms with E-state index in [1.165, 1.54) is 12.1 Å². The van der Waals surface area contributed by atoms with Crippen LogP contribution in [0.5, 0.6) is 0 Å². The summed E-state index contributed by atoms with van der Waals surface area (Å²) >= 11 is 0. The average Bonchev–Trinajstić information content (AvgIpc) is 2.26. The van der Waals surface area contributed by atoms with Crippen molar-refractivity contribution in [2.24, 2.45) is 5.92 Å². The van der Waals surface area contributed by atoms with E-state index in [1.807, 2.05) is 0 Å². The van der Waals surface area contributed by atoms with E-state index in [2.05, 4.69) is 5.32 Å². The van der Waals surface area contributed by atoms with Crippen molar-refractivity contribution < 1.29 is 18.0 Å². The van der Waals surface area contributed by atoms with Gasteiger partial charge in [0.15, 0.2) is 0 Å². The monoisotopic (exact) mass is 272 g/mol. The number of amides is 1. The predicted octanol–water partition coefficient (Wildman–Crippen LogP) is 1.88. The van der Waals surface area contributed by atoms with Crippen molar-refractivity contribution in [1.82, 2.24) is 10.2 Å². The summed E-state index contributed by atoms with van der Waals surface area (Å²) in [6, 6.07) is 4.90. The van der Waals surface area contributed by atoms with Crippen molar-refractivity contribution >= 4 is 5.91 Å². The van der Waals surface area contributed by atoms with E-state index in [4.69, 9.17) is 0 Å². The summed E-state index contributed by atoms with van der Waals surface area (Å²) in [5.74, 6) is 0.0260. The molecule has 19 heavy (non-hydrogen) atoms. The van der Waals surface area contributed by atoms with E-state index in [1.54, 1.807) is 11.9 Å². The second-order valence-electron chi connectivity index (χ2n) is 4.74. The first kappa shape index (κ1) is 13.9. The molecule has 6 heteroatoms. The fourth-order valence-corrected chi connectivity index (χ4v) is 1.93. The quantitative estimate of drug-likeness (QED) is 0.911. The van der Waals surface area contributed by atoms with Crippen LogP contribution in [0.3, 0.4) is 0 Å². The van der Waals surface area contributed by atoms with Crippen molar-refractivity contribution in [1.29, 1.82) is 0 Å². The van der Waals surface area contributed by atoms with E-state index in [0.29, 0.717) is 25.2 Å². The molecule has 0 aromatic heterocycles. The Hall–Kier alpha value is -1.56. The number of hydrogen-bond donors (Lipinski definition) is 1. The summed E-state index contributed by atoms with van der Waals surface area (Å²) in [4.78, 5) is 13.4. The number of rotatable bonds is 3. The standard InChI is InChI=1S/C13H15F3N2O/c1-18(12(19)10-6-17-7-10)8-9-2-4-11(5-3-9)13(14,15)16/h2-5,10,17H,6-8H2,1H3. The van der Waals surface area contributed by atoms with E-state index in [-0.39, 0.29) is 11.8 Å². The van der Waals surface area contributed by atoms with Gasteiger partial charge < -0.3 is 10.2 Å². The Labute approximate surface area is 109 Å². The molecule has 0 unspecified atom stereocenters. The minimum absolute atomic E-state index is 0.000511. The molecule has 1 aliphatic heterocycles. The molecule has 1 fully saturated rings. The maximum Gasteiger partial charge on any atom is 0.416 e. The van der Waals surface area contributed by atoms with Gasteiger partial charge in [-0.05, 0) is 17.7 Å². The van der Waals surface area contributed by atoms with Crippen molar-refractivity contribution in [3.63, 3.8) is 0 Å². The molecule has 1 aliphatic rings. The van der Waals surface area contributed by atoms with Crippen LogP contribution in [0.1, 0.15) is 11.1 Å². The van der Waals surface area contributed by atoms with Crippen LogP contribution in [0.25, 0.3) is 0 Å². The van der Waals surface area contributed by atoms with Gasteiger partial charge in [0.1, 0.15) is 0 Å². The van der Waals surface area contributed by atoms with Gasteiger partial charge in [0, 0.05) is 26.7 Å². The highest BCUT2D eigenvalue weighted by Gasteiger charge is 2.30. The Kier molecular flexibility index (Phi) is 3.80. The summed E-state index contributed by atoms with van der Waals surface area (Å²) in [7, 11) is 1.67. The van der Waals surface area contributed by atoms with Gasteiger partial charge in [-0.25, -0.2) is 0 Å². The van der Waals surface area contributed by atoms with Crippen molar-refractivity contribution in [3.05, 3.63) is 35.4 Å². The molecule has 1 saturated heterocycles. The first-order valence-corrected chi connectivity index (χ1v) is 6.00. The van der Waals surface area contributed by atoms with E-state index >= 15 is 0 Å². The third-order valence-electron chi connectivity index (χ3n) is 3.21. The summed E-state index contributed by atoms with van der Waals surface area (Å²) < 4.78 is 37.2. The normalized spacial score (nSPS) is 16.0. The molecule has 1 N–H and O–H groups in total. The van der Waals surface area contributed by atoms with Crippen LogP contribution in [0, 0.1) is 5.92 Å². The molecule has 0 atom stereocenters. The number of alkyl halides is 3. The molecule has 1 aromatic carbocycles. The summed E-state index contributed by atoms with van der Waals surface area (Å²) in [5, 5.41) is 3.01. The summed E-state index contributed by atoms with van der Waals surface area (Å²) in [6.45, 7) is 1.68. The zero-order valence-corrected chi connectivity index (χ0v) is 10.5. The van der Waals surface area contributed by atoms with Crippen LogP contribution in [-0.2, 0) is 17.5 Å². The number of hydrogen-bond acceptors (Lipinski definition) is 2. The number of carbonyl (C=O) groups is 1. The highest BCUT2D eigenvalue weighted by atomic mass is 19.4. The van der Waals surface area contributed by atoms with Gasteiger partial charge in [-0.3, -0.25) is 4.79 Å². The molecule has 0 saturated carbocycles. The molecule has 0 aliphatic carbocycles. The van der Waals surface area contributed by atoms with Gasteiger partial charge in [-0.15, -0.1) is 0 Å². The summed E-state index contributed by atoms with van der Waals surface area (Å²) in [5.41, 5.74) is 0.0181. The third kappa shape index (κ3) is 3.26. The SMILES string of the molecule is CN(Cc1ccc(C(F)(F)F)cc1)C(=O)C1CNC1. The van der Waals surface area contributed by atoms with Crippen molar-refractivity contribution in [2.45, 2.75) is 12.7 Å². The van der Waals surface area contributed by atoms with Crippen molar-refractivity contribution in [3.8, 4) is 0 Å². The lowest BCUT2D eigenvalue weighted by molar-refractivity contribution is -0.138. The Morgan fingerprint density at radius 3 is 2.32 bits per heavy atom. The predicted molar refractivity (Wildman–Crippen MR) is 64.3 cm³/mol. The molecule has 0 spiro atoms. The molecule has 104 valence electrons. The van der Waals surface area contributed by atoms with Gasteiger partial charge in [0.25, 0.3) is 0 Å². The van der Waals surface area contributed by atoms with Gasteiger partial charge >= 0.3 is 6.18 Å². The maximum absolute atomic E-state index is 12.4. The van der Waals surface area contributed by atoms with Crippen LogP contribution < -0.4 is 5.32 Å². The number of benzene rings is 1.